The van der Waals surface area contributed by atoms with Crippen LogP contribution in [0.2, 0.25) is 0 Å². The summed E-state index contributed by atoms with van der Waals surface area (Å²) in [7, 11) is 0. The van der Waals surface area contributed by atoms with Crippen molar-refractivity contribution in [2.45, 2.75) is 26.7 Å². The molecule has 0 aliphatic rings. The van der Waals surface area contributed by atoms with E-state index >= 15 is 0 Å². The second-order valence-electron chi connectivity index (χ2n) is 1.77. The Morgan fingerprint density at radius 2 is 2.12 bits per heavy atom. The lowest BCUT2D eigenvalue weighted by molar-refractivity contribution is 1.08. The first kappa shape index (κ1) is 8.35. The minimum atomic E-state index is 1.22. The highest BCUT2D eigenvalue weighted by Crippen LogP contribution is 2.03. The van der Waals surface area contributed by atoms with Crippen LogP contribution in [0.3, 0.4) is 0 Å². The molecule has 0 N–H and O–H groups in total. The van der Waals surface area contributed by atoms with Crippen molar-refractivity contribution < 1.29 is 0 Å². The zero-order chi connectivity index (χ0) is 6.24. The van der Waals surface area contributed by atoms with Crippen LogP contribution in [-0.4, -0.2) is 11.5 Å². The molecule has 0 bridgehead atoms. The Morgan fingerprint density at radius 1 is 1.38 bits per heavy atom. The molecule has 0 aliphatic carbocycles. The first-order valence-electron chi connectivity index (χ1n) is 3.31. The summed E-state index contributed by atoms with van der Waals surface area (Å²) >= 11 is 2.02. The molecule has 0 heterocycles. The molecule has 0 fully saturated rings. The Labute approximate surface area is 57.1 Å². The van der Waals surface area contributed by atoms with E-state index in [0.29, 0.717) is 0 Å². The highest BCUT2D eigenvalue weighted by Gasteiger charge is 1.83. The van der Waals surface area contributed by atoms with Crippen molar-refractivity contribution in [3.63, 3.8) is 0 Å². The van der Waals surface area contributed by atoms with Gasteiger partial charge in [0.2, 0.25) is 0 Å². The van der Waals surface area contributed by atoms with E-state index in [4.69, 9.17) is 0 Å². The molecule has 0 aliphatic heterocycles. The minimum absolute atomic E-state index is 1.22. The fourth-order valence-corrected chi connectivity index (χ4v) is 1.29. The summed E-state index contributed by atoms with van der Waals surface area (Å²) in [6.07, 6.45) is 4.85. The zero-order valence-electron chi connectivity index (χ0n) is 5.81. The molecule has 0 nitrogen and oxygen atoms in total. The third-order valence-corrected chi connectivity index (χ3v) is 2.04. The average Bonchev–Trinajstić information content (AvgIpc) is 1.81. The van der Waals surface area contributed by atoms with Gasteiger partial charge in [-0.2, -0.15) is 11.8 Å². The van der Waals surface area contributed by atoms with Gasteiger partial charge < -0.3 is 0 Å². The molecule has 0 aromatic heterocycles. The van der Waals surface area contributed by atoms with Crippen LogP contribution in [0.25, 0.3) is 0 Å². The smallest absolute Gasteiger partial charge is 0.00363 e. The van der Waals surface area contributed by atoms with Gasteiger partial charge in [0.05, 0.1) is 0 Å². The van der Waals surface area contributed by atoms with Crippen LogP contribution in [0.5, 0.6) is 0 Å². The summed E-state index contributed by atoms with van der Waals surface area (Å²) in [5, 5.41) is 0. The fraction of sp³-hybridized carbons (Fsp3) is 0.857. The topological polar surface area (TPSA) is 0 Å². The molecule has 0 amide bonds. The number of thioether (sulfide) groups is 1. The summed E-state index contributed by atoms with van der Waals surface area (Å²) in [6.45, 7) is 4.41. The number of rotatable bonds is 5. The van der Waals surface area contributed by atoms with Crippen LogP contribution in [0.4, 0.5) is 0 Å². The van der Waals surface area contributed by atoms with Gasteiger partial charge in [-0.15, -0.1) is 0 Å². The third-order valence-electron chi connectivity index (χ3n) is 0.873. The maximum atomic E-state index is 2.32. The second-order valence-corrected chi connectivity index (χ2v) is 2.92. The van der Waals surface area contributed by atoms with E-state index in [9.17, 15) is 0 Å². The Balaban J connectivity index is 2.53. The van der Waals surface area contributed by atoms with E-state index < -0.39 is 0 Å². The maximum Gasteiger partial charge on any atom is -0.00363 e. The summed E-state index contributed by atoms with van der Waals surface area (Å²) < 4.78 is 0. The van der Waals surface area contributed by atoms with Crippen molar-refractivity contribution in [3.05, 3.63) is 6.42 Å². The molecule has 1 radical (unpaired) electrons. The first-order valence-corrected chi connectivity index (χ1v) is 4.46. The predicted molar refractivity (Wildman–Crippen MR) is 42.2 cm³/mol. The van der Waals surface area contributed by atoms with Gasteiger partial charge in [0.1, 0.15) is 0 Å². The van der Waals surface area contributed by atoms with Crippen LogP contribution in [0.15, 0.2) is 0 Å². The first-order chi connectivity index (χ1) is 3.91. The maximum absolute atomic E-state index is 2.32. The molecular formula is C7H15S. The van der Waals surface area contributed by atoms with Crippen LogP contribution >= 0.6 is 11.8 Å². The SMILES string of the molecule is CC[CH]CSCCC. The summed E-state index contributed by atoms with van der Waals surface area (Å²) in [5.74, 6) is 2.56. The molecule has 0 saturated carbocycles. The quantitative estimate of drug-likeness (QED) is 0.517. The number of hydrogen-bond acceptors (Lipinski definition) is 1. The van der Waals surface area contributed by atoms with Crippen molar-refractivity contribution in [3.8, 4) is 0 Å². The molecule has 0 saturated heterocycles. The normalized spacial score (nSPS) is 9.75. The fourth-order valence-electron chi connectivity index (χ4n) is 0.429. The Morgan fingerprint density at radius 3 is 2.62 bits per heavy atom. The van der Waals surface area contributed by atoms with Gasteiger partial charge in [-0.3, -0.25) is 0 Å². The Hall–Kier alpha value is 0.350. The molecule has 8 heavy (non-hydrogen) atoms. The second kappa shape index (κ2) is 7.35. The van der Waals surface area contributed by atoms with Crippen molar-refractivity contribution in [2.75, 3.05) is 11.5 Å². The Bertz CT molecular complexity index is 29.4. The largest absolute Gasteiger partial charge is 0.162 e. The van der Waals surface area contributed by atoms with Crippen molar-refractivity contribution in [2.24, 2.45) is 0 Å². The van der Waals surface area contributed by atoms with Crippen LogP contribution < -0.4 is 0 Å². The van der Waals surface area contributed by atoms with Gasteiger partial charge in [-0.05, 0) is 24.3 Å². The van der Waals surface area contributed by atoms with E-state index in [0.717, 1.165) is 0 Å². The standard InChI is InChI=1S/C7H15S/c1-3-5-7-8-6-4-2/h5H,3-4,6-7H2,1-2H3. The number of unbranched alkanes of at least 4 members (excludes halogenated alkanes) is 1. The van der Waals surface area contributed by atoms with Gasteiger partial charge in [-0.1, -0.05) is 20.3 Å². The molecule has 0 unspecified atom stereocenters. The Kier molecular flexibility index (Phi) is 7.67. The van der Waals surface area contributed by atoms with Crippen molar-refractivity contribution >= 4 is 11.8 Å². The molecule has 0 aromatic rings. The lowest BCUT2D eigenvalue weighted by Gasteiger charge is -1.93. The third kappa shape index (κ3) is 6.35. The zero-order valence-corrected chi connectivity index (χ0v) is 6.63. The lowest BCUT2D eigenvalue weighted by atomic mass is 10.4. The van der Waals surface area contributed by atoms with Crippen LogP contribution in [0.1, 0.15) is 26.7 Å². The number of hydrogen-bond donors (Lipinski definition) is 0. The van der Waals surface area contributed by atoms with E-state index in [-0.39, 0.29) is 0 Å². The van der Waals surface area contributed by atoms with E-state index in [1.807, 2.05) is 11.8 Å². The van der Waals surface area contributed by atoms with Gasteiger partial charge in [0.25, 0.3) is 0 Å². The van der Waals surface area contributed by atoms with Gasteiger partial charge >= 0.3 is 0 Å². The molecule has 0 rings (SSSR count). The van der Waals surface area contributed by atoms with E-state index in [1.165, 1.54) is 24.3 Å². The van der Waals surface area contributed by atoms with Crippen molar-refractivity contribution in [1.29, 1.82) is 0 Å². The van der Waals surface area contributed by atoms with Gasteiger partial charge in [0, 0.05) is 0 Å². The molecule has 0 aromatic carbocycles. The van der Waals surface area contributed by atoms with Gasteiger partial charge in [0.15, 0.2) is 0 Å². The summed E-state index contributed by atoms with van der Waals surface area (Å²) in [6, 6.07) is 0. The molecule has 0 atom stereocenters. The molecule has 1 heteroatoms. The summed E-state index contributed by atoms with van der Waals surface area (Å²) in [4.78, 5) is 0. The lowest BCUT2D eigenvalue weighted by Crippen LogP contribution is -1.80. The molecule has 0 spiro atoms. The highest BCUT2D eigenvalue weighted by atomic mass is 32.2. The predicted octanol–water partition coefficient (Wildman–Crippen LogP) is 2.74. The van der Waals surface area contributed by atoms with E-state index in [1.54, 1.807) is 0 Å². The van der Waals surface area contributed by atoms with Crippen LogP contribution in [0, 0.1) is 6.42 Å². The average molecular weight is 131 g/mol. The van der Waals surface area contributed by atoms with Crippen LogP contribution in [-0.2, 0) is 0 Å². The minimum Gasteiger partial charge on any atom is -0.162 e. The molecule has 49 valence electrons. The van der Waals surface area contributed by atoms with Gasteiger partial charge in [-0.25, -0.2) is 0 Å². The monoisotopic (exact) mass is 131 g/mol. The molecular weight excluding hydrogens is 116 g/mol. The highest BCUT2D eigenvalue weighted by molar-refractivity contribution is 7.99. The van der Waals surface area contributed by atoms with E-state index in [2.05, 4.69) is 20.3 Å². The van der Waals surface area contributed by atoms with Crippen molar-refractivity contribution in [1.82, 2.24) is 0 Å². The summed E-state index contributed by atoms with van der Waals surface area (Å²) in [5.41, 5.74) is 0.